The highest BCUT2D eigenvalue weighted by atomic mass is 32.2. The molecule has 0 aliphatic carbocycles. The van der Waals surface area contributed by atoms with Crippen LogP contribution in [0, 0.1) is 11.3 Å². The fourth-order valence-electron chi connectivity index (χ4n) is 1.58. The van der Waals surface area contributed by atoms with Crippen molar-refractivity contribution in [3.63, 3.8) is 0 Å². The summed E-state index contributed by atoms with van der Waals surface area (Å²) in [6.07, 6.45) is 1.61. The summed E-state index contributed by atoms with van der Waals surface area (Å²) in [4.78, 5) is 9.38. The molecule has 0 N–H and O–H groups in total. The smallest absolute Gasteiger partial charge is 0.193 e. The maximum atomic E-state index is 8.80. The van der Waals surface area contributed by atoms with Crippen molar-refractivity contribution in [1.82, 2.24) is 9.97 Å². The average molecular weight is 269 g/mol. The van der Waals surface area contributed by atoms with Crippen LogP contribution in [0.4, 0.5) is 0 Å². The van der Waals surface area contributed by atoms with Crippen LogP contribution in [0.15, 0.2) is 46.6 Å². The summed E-state index contributed by atoms with van der Waals surface area (Å²) < 4.78 is 0. The standard InChI is InChI=1S/C15H15N3S/c1-15(2,3)11-4-6-13(7-5-11)19-14-17-9-8-12(10-16)18-14/h4-9H,1-3H3. The van der Waals surface area contributed by atoms with Crippen LogP contribution >= 0.6 is 11.8 Å². The summed E-state index contributed by atoms with van der Waals surface area (Å²) in [6, 6.07) is 12.0. The van der Waals surface area contributed by atoms with Crippen molar-refractivity contribution in [3.05, 3.63) is 47.8 Å². The predicted octanol–water partition coefficient (Wildman–Crippen LogP) is 3.80. The molecule has 0 aliphatic rings. The van der Waals surface area contributed by atoms with Gasteiger partial charge in [-0.3, -0.25) is 0 Å². The Kier molecular flexibility index (Phi) is 3.87. The zero-order valence-electron chi connectivity index (χ0n) is 11.2. The number of nitrogens with zero attached hydrogens (tertiary/aromatic N) is 3. The molecule has 96 valence electrons. The van der Waals surface area contributed by atoms with E-state index in [2.05, 4.69) is 55.0 Å². The van der Waals surface area contributed by atoms with Gasteiger partial charge in [0.1, 0.15) is 11.8 Å². The first-order valence-corrected chi connectivity index (χ1v) is 6.82. The Hall–Kier alpha value is -1.86. The molecule has 4 heteroatoms. The van der Waals surface area contributed by atoms with Crippen molar-refractivity contribution in [1.29, 1.82) is 5.26 Å². The Balaban J connectivity index is 2.18. The second kappa shape index (κ2) is 5.41. The summed E-state index contributed by atoms with van der Waals surface area (Å²) in [6.45, 7) is 6.57. The summed E-state index contributed by atoms with van der Waals surface area (Å²) in [7, 11) is 0. The Morgan fingerprint density at radius 1 is 1.11 bits per heavy atom. The lowest BCUT2D eigenvalue weighted by molar-refractivity contribution is 0.590. The topological polar surface area (TPSA) is 49.6 Å². The van der Waals surface area contributed by atoms with Gasteiger partial charge in [0, 0.05) is 11.1 Å². The van der Waals surface area contributed by atoms with Crippen LogP contribution in [0.3, 0.4) is 0 Å². The van der Waals surface area contributed by atoms with Crippen molar-refractivity contribution in [2.45, 2.75) is 36.2 Å². The van der Waals surface area contributed by atoms with Gasteiger partial charge >= 0.3 is 0 Å². The highest BCUT2D eigenvalue weighted by molar-refractivity contribution is 7.99. The molecule has 0 unspecified atom stereocenters. The largest absolute Gasteiger partial charge is 0.231 e. The zero-order valence-corrected chi connectivity index (χ0v) is 12.0. The van der Waals surface area contributed by atoms with Crippen molar-refractivity contribution < 1.29 is 0 Å². The van der Waals surface area contributed by atoms with Crippen LogP contribution < -0.4 is 0 Å². The Labute approximate surface area is 117 Å². The quantitative estimate of drug-likeness (QED) is 0.778. The minimum atomic E-state index is 0.153. The number of nitriles is 1. The summed E-state index contributed by atoms with van der Waals surface area (Å²) in [5, 5.41) is 9.40. The van der Waals surface area contributed by atoms with Crippen molar-refractivity contribution >= 4 is 11.8 Å². The number of rotatable bonds is 2. The van der Waals surface area contributed by atoms with Crippen LogP contribution in [-0.4, -0.2) is 9.97 Å². The molecule has 0 fully saturated rings. The second-order valence-corrected chi connectivity index (χ2v) is 6.25. The molecular formula is C15H15N3S. The highest BCUT2D eigenvalue weighted by Gasteiger charge is 2.13. The Morgan fingerprint density at radius 2 is 1.79 bits per heavy atom. The zero-order chi connectivity index (χ0) is 13.9. The van der Waals surface area contributed by atoms with Gasteiger partial charge in [0.2, 0.25) is 0 Å². The van der Waals surface area contributed by atoms with E-state index in [1.165, 1.54) is 17.3 Å². The molecule has 0 spiro atoms. The molecular weight excluding hydrogens is 254 g/mol. The second-order valence-electron chi connectivity index (χ2n) is 5.21. The number of hydrogen-bond donors (Lipinski definition) is 0. The summed E-state index contributed by atoms with van der Waals surface area (Å²) in [5.41, 5.74) is 1.84. The van der Waals surface area contributed by atoms with Crippen LogP contribution in [0.2, 0.25) is 0 Å². The monoisotopic (exact) mass is 269 g/mol. The van der Waals surface area contributed by atoms with Gasteiger partial charge < -0.3 is 0 Å². The third-order valence-corrected chi connectivity index (χ3v) is 3.56. The molecule has 0 radical (unpaired) electrons. The van der Waals surface area contributed by atoms with E-state index in [-0.39, 0.29) is 5.41 Å². The predicted molar refractivity (Wildman–Crippen MR) is 76.0 cm³/mol. The van der Waals surface area contributed by atoms with E-state index in [4.69, 9.17) is 5.26 Å². The van der Waals surface area contributed by atoms with E-state index in [0.29, 0.717) is 10.9 Å². The first kappa shape index (κ1) is 13.6. The van der Waals surface area contributed by atoms with Gasteiger partial charge in [-0.15, -0.1) is 0 Å². The van der Waals surface area contributed by atoms with Crippen molar-refractivity contribution in [2.75, 3.05) is 0 Å². The average Bonchev–Trinajstić information content (AvgIpc) is 2.38. The van der Waals surface area contributed by atoms with Gasteiger partial charge in [0.05, 0.1) is 0 Å². The molecule has 3 nitrogen and oxygen atoms in total. The van der Waals surface area contributed by atoms with E-state index < -0.39 is 0 Å². The molecule has 1 aromatic heterocycles. The third kappa shape index (κ3) is 3.55. The SMILES string of the molecule is CC(C)(C)c1ccc(Sc2nccc(C#N)n2)cc1. The molecule has 0 saturated carbocycles. The lowest BCUT2D eigenvalue weighted by Crippen LogP contribution is -2.10. The van der Waals surface area contributed by atoms with Crippen LogP contribution in [0.1, 0.15) is 32.0 Å². The van der Waals surface area contributed by atoms with Gasteiger partial charge in [-0.05, 0) is 40.9 Å². The summed E-state index contributed by atoms with van der Waals surface area (Å²) >= 11 is 1.46. The molecule has 19 heavy (non-hydrogen) atoms. The molecule has 2 aromatic rings. The maximum absolute atomic E-state index is 8.80. The minimum Gasteiger partial charge on any atom is -0.231 e. The van der Waals surface area contributed by atoms with Gasteiger partial charge in [0.25, 0.3) is 0 Å². The van der Waals surface area contributed by atoms with Gasteiger partial charge in [-0.25, -0.2) is 9.97 Å². The molecule has 1 aromatic carbocycles. The van der Waals surface area contributed by atoms with E-state index in [1.54, 1.807) is 12.3 Å². The van der Waals surface area contributed by atoms with Crippen LogP contribution in [0.5, 0.6) is 0 Å². The van der Waals surface area contributed by atoms with Crippen molar-refractivity contribution in [2.24, 2.45) is 0 Å². The third-order valence-electron chi connectivity index (χ3n) is 2.68. The lowest BCUT2D eigenvalue weighted by Gasteiger charge is -2.18. The molecule has 2 rings (SSSR count). The van der Waals surface area contributed by atoms with Crippen molar-refractivity contribution in [3.8, 4) is 6.07 Å². The Morgan fingerprint density at radius 3 is 2.37 bits per heavy atom. The van der Waals surface area contributed by atoms with Gasteiger partial charge in [0.15, 0.2) is 5.16 Å². The molecule has 0 bridgehead atoms. The maximum Gasteiger partial charge on any atom is 0.193 e. The number of benzene rings is 1. The Bertz CT molecular complexity index is 607. The normalized spacial score (nSPS) is 11.1. The number of aromatic nitrogens is 2. The van der Waals surface area contributed by atoms with E-state index in [9.17, 15) is 0 Å². The summed E-state index contributed by atoms with van der Waals surface area (Å²) in [5.74, 6) is 0. The minimum absolute atomic E-state index is 0.153. The van der Waals surface area contributed by atoms with Gasteiger partial charge in [-0.1, -0.05) is 32.9 Å². The molecule has 0 aliphatic heterocycles. The van der Waals surface area contributed by atoms with Crippen LogP contribution in [-0.2, 0) is 5.41 Å². The van der Waals surface area contributed by atoms with E-state index in [1.807, 2.05) is 6.07 Å². The highest BCUT2D eigenvalue weighted by Crippen LogP contribution is 2.28. The number of hydrogen-bond acceptors (Lipinski definition) is 4. The molecule has 1 heterocycles. The lowest BCUT2D eigenvalue weighted by atomic mass is 9.87. The van der Waals surface area contributed by atoms with Crippen LogP contribution in [0.25, 0.3) is 0 Å². The molecule has 0 atom stereocenters. The fourth-order valence-corrected chi connectivity index (χ4v) is 2.32. The first-order valence-electron chi connectivity index (χ1n) is 6.00. The molecule has 0 saturated heterocycles. The first-order chi connectivity index (χ1) is 8.99. The van der Waals surface area contributed by atoms with Gasteiger partial charge in [-0.2, -0.15) is 5.26 Å². The van der Waals surface area contributed by atoms with E-state index >= 15 is 0 Å². The fraction of sp³-hybridized carbons (Fsp3) is 0.267. The molecule has 0 amide bonds. The van der Waals surface area contributed by atoms with E-state index in [0.717, 1.165) is 4.90 Å².